The van der Waals surface area contributed by atoms with Crippen molar-refractivity contribution in [3.63, 3.8) is 0 Å². The third-order valence-corrected chi connectivity index (χ3v) is 2.97. The van der Waals surface area contributed by atoms with Crippen LogP contribution in [0.4, 0.5) is 0 Å². The Labute approximate surface area is 141 Å². The van der Waals surface area contributed by atoms with E-state index in [0.717, 1.165) is 5.56 Å². The first-order chi connectivity index (χ1) is 10.6. The lowest BCUT2D eigenvalue weighted by molar-refractivity contribution is -0.122. The second-order valence-corrected chi connectivity index (χ2v) is 4.76. The maximum Gasteiger partial charge on any atom is 0.236 e. The van der Waals surface area contributed by atoms with Crippen LogP contribution in [0.3, 0.4) is 0 Å². The number of pyridine rings is 1. The van der Waals surface area contributed by atoms with E-state index in [1.807, 2.05) is 24.3 Å². The third kappa shape index (κ3) is 5.43. The number of carbonyl (C=O) groups is 1. The Morgan fingerprint density at radius 2 is 2.04 bits per heavy atom. The van der Waals surface area contributed by atoms with Gasteiger partial charge in [-0.05, 0) is 25.1 Å². The number of rotatable bonds is 6. The van der Waals surface area contributed by atoms with Crippen molar-refractivity contribution in [3.05, 3.63) is 48.2 Å². The van der Waals surface area contributed by atoms with Crippen LogP contribution in [0.25, 0.3) is 0 Å². The lowest BCUT2D eigenvalue weighted by Crippen LogP contribution is -2.37. The minimum atomic E-state index is -0.556. The van der Waals surface area contributed by atoms with E-state index in [1.54, 1.807) is 32.4 Å². The van der Waals surface area contributed by atoms with Crippen LogP contribution in [-0.2, 0) is 11.3 Å². The van der Waals surface area contributed by atoms with Gasteiger partial charge < -0.3 is 20.5 Å². The molecule has 6 nitrogen and oxygen atoms in total. The molecule has 1 unspecified atom stereocenters. The summed E-state index contributed by atoms with van der Waals surface area (Å²) >= 11 is 0. The van der Waals surface area contributed by atoms with Crippen LogP contribution in [0.15, 0.2) is 42.6 Å². The molecule has 0 aliphatic heterocycles. The summed E-state index contributed by atoms with van der Waals surface area (Å²) in [6, 6.07) is 10.3. The predicted molar refractivity (Wildman–Crippen MR) is 90.0 cm³/mol. The van der Waals surface area contributed by atoms with Gasteiger partial charge in [-0.2, -0.15) is 0 Å². The Morgan fingerprint density at radius 1 is 1.30 bits per heavy atom. The highest BCUT2D eigenvalue weighted by molar-refractivity contribution is 5.85. The van der Waals surface area contributed by atoms with Gasteiger partial charge in [-0.25, -0.2) is 4.98 Å². The number of ether oxygens (including phenoxy) is 2. The Balaban J connectivity index is 0.00000264. The van der Waals surface area contributed by atoms with Crippen LogP contribution < -0.4 is 20.5 Å². The Morgan fingerprint density at radius 3 is 2.74 bits per heavy atom. The number of benzene rings is 1. The van der Waals surface area contributed by atoms with Gasteiger partial charge in [0, 0.05) is 24.4 Å². The molecule has 2 rings (SSSR count). The summed E-state index contributed by atoms with van der Waals surface area (Å²) < 4.78 is 10.9. The Hall–Kier alpha value is -2.31. The lowest BCUT2D eigenvalue weighted by atomic mass is 10.2. The molecule has 0 aliphatic carbocycles. The fraction of sp³-hybridized carbons (Fsp3) is 0.250. The highest BCUT2D eigenvalue weighted by atomic mass is 35.5. The molecule has 0 fully saturated rings. The molecule has 1 aromatic carbocycles. The maximum atomic E-state index is 11.6. The van der Waals surface area contributed by atoms with Crippen molar-refractivity contribution in [2.75, 3.05) is 7.11 Å². The molecule has 0 bridgehead atoms. The normalized spacial score (nSPS) is 11.1. The van der Waals surface area contributed by atoms with Crippen molar-refractivity contribution in [1.29, 1.82) is 0 Å². The number of nitrogens with zero attached hydrogens (tertiary/aromatic N) is 1. The van der Waals surface area contributed by atoms with Crippen LogP contribution in [-0.4, -0.2) is 24.0 Å². The van der Waals surface area contributed by atoms with Gasteiger partial charge in [0.2, 0.25) is 11.8 Å². The van der Waals surface area contributed by atoms with Gasteiger partial charge in [0.15, 0.2) is 0 Å². The molecule has 23 heavy (non-hydrogen) atoms. The average Bonchev–Trinajstić information content (AvgIpc) is 2.53. The topological polar surface area (TPSA) is 86.5 Å². The highest BCUT2D eigenvalue weighted by Crippen LogP contribution is 2.25. The van der Waals surface area contributed by atoms with Gasteiger partial charge in [0.1, 0.15) is 11.5 Å². The van der Waals surface area contributed by atoms with E-state index in [9.17, 15) is 4.79 Å². The average molecular weight is 338 g/mol. The van der Waals surface area contributed by atoms with Crippen LogP contribution in [0, 0.1) is 0 Å². The fourth-order valence-electron chi connectivity index (χ4n) is 1.77. The maximum absolute atomic E-state index is 11.6. The van der Waals surface area contributed by atoms with Crippen molar-refractivity contribution < 1.29 is 14.3 Å². The molecule has 0 aliphatic rings. The van der Waals surface area contributed by atoms with Crippen LogP contribution in [0.5, 0.6) is 17.4 Å². The van der Waals surface area contributed by atoms with E-state index in [2.05, 4.69) is 10.3 Å². The number of hydrogen-bond acceptors (Lipinski definition) is 5. The number of nitrogens with one attached hydrogen (secondary N) is 1. The fourth-order valence-corrected chi connectivity index (χ4v) is 1.77. The summed E-state index contributed by atoms with van der Waals surface area (Å²) in [7, 11) is 1.59. The molecule has 0 radical (unpaired) electrons. The van der Waals surface area contributed by atoms with Gasteiger partial charge in [-0.1, -0.05) is 12.1 Å². The van der Waals surface area contributed by atoms with Crippen LogP contribution in [0.1, 0.15) is 12.5 Å². The third-order valence-electron chi connectivity index (χ3n) is 2.97. The van der Waals surface area contributed by atoms with Crippen LogP contribution in [0.2, 0.25) is 0 Å². The number of methoxy groups -OCH3 is 1. The molecule has 0 saturated carbocycles. The molecule has 3 N–H and O–H groups in total. The number of aromatic nitrogens is 1. The molecule has 124 valence electrons. The minimum Gasteiger partial charge on any atom is -0.497 e. The number of halogens is 1. The zero-order chi connectivity index (χ0) is 15.9. The van der Waals surface area contributed by atoms with Gasteiger partial charge in [0.05, 0.1) is 13.2 Å². The highest BCUT2D eigenvalue weighted by Gasteiger charge is 2.10. The van der Waals surface area contributed by atoms with Gasteiger partial charge in [-0.15, -0.1) is 12.4 Å². The van der Waals surface area contributed by atoms with Crippen molar-refractivity contribution in [2.45, 2.75) is 19.5 Å². The van der Waals surface area contributed by atoms with E-state index in [1.165, 1.54) is 0 Å². The van der Waals surface area contributed by atoms with Crippen LogP contribution >= 0.6 is 12.4 Å². The van der Waals surface area contributed by atoms with E-state index < -0.39 is 6.04 Å². The zero-order valence-electron chi connectivity index (χ0n) is 13.0. The second kappa shape index (κ2) is 8.97. The number of amides is 1. The van der Waals surface area contributed by atoms with Crippen molar-refractivity contribution in [1.82, 2.24) is 10.3 Å². The van der Waals surface area contributed by atoms with Crippen molar-refractivity contribution >= 4 is 18.3 Å². The first kappa shape index (κ1) is 18.7. The minimum absolute atomic E-state index is 0. The lowest BCUT2D eigenvalue weighted by Gasteiger charge is -2.12. The van der Waals surface area contributed by atoms with Gasteiger partial charge in [0.25, 0.3) is 0 Å². The monoisotopic (exact) mass is 337 g/mol. The molecule has 2 aromatic rings. The molecule has 1 atom stereocenters. The zero-order valence-corrected chi connectivity index (χ0v) is 13.8. The summed E-state index contributed by atoms with van der Waals surface area (Å²) in [4.78, 5) is 15.8. The first-order valence-corrected chi connectivity index (χ1v) is 6.89. The molecule has 0 spiro atoms. The first-order valence-electron chi connectivity index (χ1n) is 6.89. The summed E-state index contributed by atoms with van der Waals surface area (Å²) in [6.07, 6.45) is 1.63. The quantitative estimate of drug-likeness (QED) is 0.844. The van der Waals surface area contributed by atoms with Crippen molar-refractivity contribution in [2.24, 2.45) is 5.73 Å². The number of hydrogen-bond donors (Lipinski definition) is 2. The number of carbonyl (C=O) groups excluding carboxylic acids is 1. The van der Waals surface area contributed by atoms with E-state index >= 15 is 0 Å². The van der Waals surface area contributed by atoms with Crippen molar-refractivity contribution in [3.8, 4) is 17.4 Å². The van der Waals surface area contributed by atoms with E-state index in [4.69, 9.17) is 15.2 Å². The van der Waals surface area contributed by atoms with Gasteiger partial charge in [-0.3, -0.25) is 4.79 Å². The molecule has 1 aromatic heterocycles. The molecule has 1 heterocycles. The summed E-state index contributed by atoms with van der Waals surface area (Å²) in [5, 5.41) is 2.74. The van der Waals surface area contributed by atoms with E-state index in [-0.39, 0.29) is 18.3 Å². The summed E-state index contributed by atoms with van der Waals surface area (Å²) in [5.41, 5.74) is 6.28. The molecule has 7 heteroatoms. The van der Waals surface area contributed by atoms with Gasteiger partial charge >= 0.3 is 0 Å². The molecular weight excluding hydrogens is 318 g/mol. The predicted octanol–water partition coefficient (Wildman–Crippen LogP) is 2.27. The number of nitrogens with two attached hydrogens (primary N) is 1. The molecule has 0 saturated heterocycles. The SMILES string of the molecule is COc1cccc(Oc2ncccc2CNC(=O)C(C)N)c1.Cl. The Bertz CT molecular complexity index is 650. The standard InChI is InChI=1S/C16H19N3O3.ClH/c1-11(17)15(20)19-10-12-5-4-8-18-16(12)22-14-7-3-6-13(9-14)21-2;/h3-9,11H,10,17H2,1-2H3,(H,19,20);1H. The smallest absolute Gasteiger partial charge is 0.236 e. The molecular formula is C16H20ClN3O3. The Kier molecular flexibility index (Phi) is 7.31. The molecule has 1 amide bonds. The summed E-state index contributed by atoms with van der Waals surface area (Å²) in [6.45, 7) is 1.93. The largest absolute Gasteiger partial charge is 0.497 e. The summed E-state index contributed by atoms with van der Waals surface area (Å²) in [5.74, 6) is 1.51. The van der Waals surface area contributed by atoms with E-state index in [0.29, 0.717) is 23.9 Å². The second-order valence-electron chi connectivity index (χ2n) is 4.76.